The predicted molar refractivity (Wildman–Crippen MR) is 61.4 cm³/mol. The average Bonchev–Trinajstić information content (AvgIpc) is 2.67. The molecule has 0 bridgehead atoms. The van der Waals surface area contributed by atoms with E-state index in [1.165, 1.54) is 0 Å². The van der Waals surface area contributed by atoms with E-state index >= 15 is 0 Å². The third-order valence-electron chi connectivity index (χ3n) is 3.08. The zero-order valence-corrected chi connectivity index (χ0v) is 9.99. The highest BCUT2D eigenvalue weighted by Gasteiger charge is 2.29. The van der Waals surface area contributed by atoms with Gasteiger partial charge in [0.2, 0.25) is 0 Å². The van der Waals surface area contributed by atoms with E-state index in [1.54, 1.807) is 6.26 Å². The van der Waals surface area contributed by atoms with Gasteiger partial charge >= 0.3 is 0 Å². The predicted octanol–water partition coefficient (Wildman–Crippen LogP) is 1.41. The molecule has 88 valence electrons. The lowest BCUT2D eigenvalue weighted by molar-refractivity contribution is 0.0583. The average molecular weight is 222 g/mol. The van der Waals surface area contributed by atoms with Gasteiger partial charge in [-0.1, -0.05) is 0 Å². The van der Waals surface area contributed by atoms with Gasteiger partial charge < -0.3 is 14.6 Å². The molecular formula is C12H18N2O2. The summed E-state index contributed by atoms with van der Waals surface area (Å²) in [5, 5.41) is 3.35. The lowest BCUT2D eigenvalue weighted by Crippen LogP contribution is -2.56. The third-order valence-corrected chi connectivity index (χ3v) is 3.08. The van der Waals surface area contributed by atoms with E-state index in [0.29, 0.717) is 11.8 Å². The van der Waals surface area contributed by atoms with Crippen molar-refractivity contribution in [1.29, 1.82) is 0 Å². The molecule has 1 N–H and O–H groups in total. The van der Waals surface area contributed by atoms with Crippen molar-refractivity contribution in [2.24, 2.45) is 0 Å². The SMILES string of the molecule is Cc1ccoc1C(=O)N1CC(C)NCC1C. The van der Waals surface area contributed by atoms with Gasteiger partial charge in [-0.25, -0.2) is 0 Å². The van der Waals surface area contributed by atoms with E-state index in [1.807, 2.05) is 17.9 Å². The molecule has 2 unspecified atom stereocenters. The molecule has 2 rings (SSSR count). The minimum absolute atomic E-state index is 0.00310. The molecule has 1 aliphatic rings. The number of amides is 1. The molecule has 4 heteroatoms. The van der Waals surface area contributed by atoms with Crippen molar-refractivity contribution >= 4 is 5.91 Å². The van der Waals surface area contributed by atoms with Crippen molar-refractivity contribution in [2.75, 3.05) is 13.1 Å². The molecule has 0 radical (unpaired) electrons. The fourth-order valence-electron chi connectivity index (χ4n) is 2.03. The summed E-state index contributed by atoms with van der Waals surface area (Å²) in [7, 11) is 0. The molecule has 1 amide bonds. The number of hydrogen-bond acceptors (Lipinski definition) is 3. The van der Waals surface area contributed by atoms with Crippen LogP contribution in [0.1, 0.15) is 30.0 Å². The molecule has 0 aromatic carbocycles. The first-order valence-corrected chi connectivity index (χ1v) is 5.68. The van der Waals surface area contributed by atoms with Crippen LogP contribution in [0, 0.1) is 6.92 Å². The van der Waals surface area contributed by atoms with Crippen molar-refractivity contribution in [3.8, 4) is 0 Å². The summed E-state index contributed by atoms with van der Waals surface area (Å²) < 4.78 is 5.25. The zero-order valence-electron chi connectivity index (χ0n) is 9.99. The van der Waals surface area contributed by atoms with Crippen LogP contribution in [0.2, 0.25) is 0 Å². The lowest BCUT2D eigenvalue weighted by Gasteiger charge is -2.37. The van der Waals surface area contributed by atoms with Crippen LogP contribution in [0.5, 0.6) is 0 Å². The second kappa shape index (κ2) is 4.29. The number of nitrogens with one attached hydrogen (secondary N) is 1. The lowest BCUT2D eigenvalue weighted by atomic mass is 10.1. The molecule has 16 heavy (non-hydrogen) atoms. The normalized spacial score (nSPS) is 25.8. The Morgan fingerprint density at radius 1 is 1.56 bits per heavy atom. The van der Waals surface area contributed by atoms with Gasteiger partial charge in [-0.3, -0.25) is 4.79 Å². The van der Waals surface area contributed by atoms with Crippen molar-refractivity contribution in [1.82, 2.24) is 10.2 Å². The van der Waals surface area contributed by atoms with Crippen molar-refractivity contribution in [3.63, 3.8) is 0 Å². The fraction of sp³-hybridized carbons (Fsp3) is 0.583. The maximum Gasteiger partial charge on any atom is 0.290 e. The van der Waals surface area contributed by atoms with Crippen LogP contribution < -0.4 is 5.32 Å². The summed E-state index contributed by atoms with van der Waals surface area (Å²) in [6.45, 7) is 7.61. The fourth-order valence-corrected chi connectivity index (χ4v) is 2.03. The number of furan rings is 1. The van der Waals surface area contributed by atoms with Crippen LogP contribution in [0.4, 0.5) is 0 Å². The highest BCUT2D eigenvalue weighted by Crippen LogP contribution is 2.16. The van der Waals surface area contributed by atoms with Gasteiger partial charge in [-0.05, 0) is 26.8 Å². The Morgan fingerprint density at radius 2 is 2.31 bits per heavy atom. The second-order valence-electron chi connectivity index (χ2n) is 4.55. The number of rotatable bonds is 1. The quantitative estimate of drug-likeness (QED) is 0.781. The minimum Gasteiger partial charge on any atom is -0.459 e. The maximum atomic E-state index is 12.2. The van der Waals surface area contributed by atoms with Crippen LogP contribution in [-0.4, -0.2) is 36.0 Å². The smallest absolute Gasteiger partial charge is 0.290 e. The molecule has 1 aromatic heterocycles. The Bertz CT molecular complexity index is 386. The highest BCUT2D eigenvalue weighted by atomic mass is 16.3. The number of nitrogens with zero attached hydrogens (tertiary/aromatic N) is 1. The van der Waals surface area contributed by atoms with Crippen molar-refractivity contribution in [3.05, 3.63) is 23.7 Å². The number of carbonyl (C=O) groups is 1. The number of carbonyl (C=O) groups excluding carboxylic acids is 1. The number of aryl methyl sites for hydroxylation is 1. The molecule has 1 aromatic rings. The molecule has 2 atom stereocenters. The van der Waals surface area contributed by atoms with E-state index in [9.17, 15) is 4.79 Å². The van der Waals surface area contributed by atoms with Crippen molar-refractivity contribution < 1.29 is 9.21 Å². The number of hydrogen-bond donors (Lipinski definition) is 1. The molecule has 0 spiro atoms. The topological polar surface area (TPSA) is 45.5 Å². The van der Waals surface area contributed by atoms with Gasteiger partial charge in [0.25, 0.3) is 5.91 Å². The Labute approximate surface area is 95.6 Å². The zero-order chi connectivity index (χ0) is 11.7. The van der Waals surface area contributed by atoms with E-state index in [-0.39, 0.29) is 11.9 Å². The van der Waals surface area contributed by atoms with Gasteiger partial charge in [0.05, 0.1) is 6.26 Å². The molecular weight excluding hydrogens is 204 g/mol. The summed E-state index contributed by atoms with van der Waals surface area (Å²) in [6, 6.07) is 2.38. The molecule has 2 heterocycles. The minimum atomic E-state index is 0.00310. The molecule has 0 saturated carbocycles. The van der Waals surface area contributed by atoms with Crippen LogP contribution in [0.25, 0.3) is 0 Å². The molecule has 1 saturated heterocycles. The monoisotopic (exact) mass is 222 g/mol. The van der Waals surface area contributed by atoms with E-state index < -0.39 is 0 Å². The van der Waals surface area contributed by atoms with Crippen molar-refractivity contribution in [2.45, 2.75) is 32.9 Å². The van der Waals surface area contributed by atoms with Crippen LogP contribution in [0.3, 0.4) is 0 Å². The Morgan fingerprint density at radius 3 is 2.94 bits per heavy atom. The highest BCUT2D eigenvalue weighted by molar-refractivity contribution is 5.93. The largest absolute Gasteiger partial charge is 0.459 e. The first-order valence-electron chi connectivity index (χ1n) is 5.68. The van der Waals surface area contributed by atoms with Gasteiger partial charge in [-0.2, -0.15) is 0 Å². The van der Waals surface area contributed by atoms with E-state index in [4.69, 9.17) is 4.42 Å². The Kier molecular flexibility index (Phi) is 3.01. The van der Waals surface area contributed by atoms with Crippen LogP contribution in [0.15, 0.2) is 16.7 Å². The molecule has 1 aliphatic heterocycles. The summed E-state index contributed by atoms with van der Waals surface area (Å²) in [5.41, 5.74) is 0.906. The maximum absolute atomic E-state index is 12.2. The van der Waals surface area contributed by atoms with E-state index in [2.05, 4.69) is 19.2 Å². The van der Waals surface area contributed by atoms with E-state index in [0.717, 1.165) is 18.7 Å². The Balaban J connectivity index is 2.18. The van der Waals surface area contributed by atoms with Gasteiger partial charge in [0, 0.05) is 30.7 Å². The van der Waals surface area contributed by atoms with Gasteiger partial charge in [0.15, 0.2) is 5.76 Å². The summed E-state index contributed by atoms with van der Waals surface area (Å²) in [5.74, 6) is 0.476. The van der Waals surface area contributed by atoms with Crippen LogP contribution >= 0.6 is 0 Å². The summed E-state index contributed by atoms with van der Waals surface area (Å²) in [6.07, 6.45) is 1.57. The Hall–Kier alpha value is -1.29. The van der Waals surface area contributed by atoms with Gasteiger partial charge in [0.1, 0.15) is 0 Å². The summed E-state index contributed by atoms with van der Waals surface area (Å²) in [4.78, 5) is 14.1. The number of piperazine rings is 1. The third kappa shape index (κ3) is 1.97. The van der Waals surface area contributed by atoms with Gasteiger partial charge in [-0.15, -0.1) is 0 Å². The second-order valence-corrected chi connectivity index (χ2v) is 4.55. The standard InChI is InChI=1S/C12H18N2O2/c1-8-4-5-16-11(8)12(15)14-7-9(2)13-6-10(14)3/h4-5,9-10,13H,6-7H2,1-3H3. The molecule has 1 fully saturated rings. The molecule has 0 aliphatic carbocycles. The first-order chi connectivity index (χ1) is 7.59. The summed E-state index contributed by atoms with van der Waals surface area (Å²) >= 11 is 0. The molecule has 4 nitrogen and oxygen atoms in total. The van der Waals surface area contributed by atoms with Crippen LogP contribution in [-0.2, 0) is 0 Å². The first kappa shape index (κ1) is 11.2.